The van der Waals surface area contributed by atoms with E-state index in [2.05, 4.69) is 21.2 Å². The molecule has 10 nitrogen and oxygen atoms in total. The molecule has 1 saturated heterocycles. The van der Waals surface area contributed by atoms with Crippen LogP contribution in [-0.2, 0) is 24.4 Å². The van der Waals surface area contributed by atoms with Gasteiger partial charge in [-0.1, -0.05) is 39.9 Å². The SMILES string of the molecule is CC(C(=O)O)N1C(=O)/C(=C/c2cc(Br)ccc2OCC(=O)Nc2ccc(S(N)(=O)=O)cc2)SC1=S. The van der Waals surface area contributed by atoms with Crippen LogP contribution in [0, 0.1) is 0 Å². The second-order valence-electron chi connectivity index (χ2n) is 7.15. The fraction of sp³-hybridized carbons (Fsp3) is 0.143. The van der Waals surface area contributed by atoms with Crippen LogP contribution in [0.25, 0.3) is 6.08 Å². The molecular formula is C21H18BrN3O7S3. The number of sulfonamides is 1. The Morgan fingerprint density at radius 2 is 1.94 bits per heavy atom. The Bertz CT molecular complexity index is 1340. The minimum atomic E-state index is -3.85. The molecule has 1 atom stereocenters. The molecule has 1 unspecified atom stereocenters. The van der Waals surface area contributed by atoms with Crippen LogP contribution in [0.15, 0.2) is 56.7 Å². The highest BCUT2D eigenvalue weighted by molar-refractivity contribution is 9.10. The van der Waals surface area contributed by atoms with Gasteiger partial charge in [0.1, 0.15) is 16.1 Å². The number of nitrogens with one attached hydrogen (secondary N) is 1. The molecule has 1 aliphatic heterocycles. The number of carbonyl (C=O) groups is 3. The first-order valence-corrected chi connectivity index (χ1v) is 13.3. The summed E-state index contributed by atoms with van der Waals surface area (Å²) in [6.45, 7) is 0.987. The Kier molecular flexibility index (Phi) is 8.33. The van der Waals surface area contributed by atoms with Crippen LogP contribution in [0.5, 0.6) is 5.75 Å². The number of aliphatic carboxylic acids is 1. The maximum Gasteiger partial charge on any atom is 0.326 e. The standard InChI is InChI=1S/C21H18BrN3O7S3/c1-11(20(28)29)25-19(27)17(34-21(25)33)9-12-8-13(22)2-7-16(12)32-10-18(26)24-14-3-5-15(6-4-14)35(23,30)31/h2-9,11H,10H2,1H3,(H,24,26)(H,28,29)(H2,23,30,31)/b17-9-. The van der Waals surface area contributed by atoms with Gasteiger partial charge in [-0.25, -0.2) is 18.4 Å². The second kappa shape index (κ2) is 10.9. The first-order valence-electron chi connectivity index (χ1n) is 9.72. The molecule has 14 heteroatoms. The number of carboxylic acid groups (broad SMARTS) is 1. The van der Waals surface area contributed by atoms with Crippen LogP contribution in [-0.4, -0.2) is 53.2 Å². The molecule has 1 fully saturated rings. The van der Waals surface area contributed by atoms with Gasteiger partial charge < -0.3 is 15.2 Å². The van der Waals surface area contributed by atoms with Crippen molar-refractivity contribution >= 4 is 83.8 Å². The number of carboxylic acids is 1. The Morgan fingerprint density at radius 3 is 2.54 bits per heavy atom. The molecule has 3 rings (SSSR count). The van der Waals surface area contributed by atoms with Crippen molar-refractivity contribution in [2.75, 3.05) is 11.9 Å². The number of hydrogen-bond donors (Lipinski definition) is 3. The molecule has 0 radical (unpaired) electrons. The molecule has 2 aromatic rings. The third kappa shape index (κ3) is 6.67. The van der Waals surface area contributed by atoms with E-state index in [0.29, 0.717) is 21.5 Å². The van der Waals surface area contributed by atoms with Gasteiger partial charge >= 0.3 is 5.97 Å². The summed E-state index contributed by atoms with van der Waals surface area (Å²) in [7, 11) is -3.85. The van der Waals surface area contributed by atoms with E-state index < -0.39 is 33.8 Å². The van der Waals surface area contributed by atoms with E-state index in [1.54, 1.807) is 18.2 Å². The molecule has 0 aromatic heterocycles. The summed E-state index contributed by atoms with van der Waals surface area (Å²) in [5.41, 5.74) is 0.811. The predicted octanol–water partition coefficient (Wildman–Crippen LogP) is 2.79. The number of primary sulfonamides is 1. The molecule has 0 saturated carbocycles. The van der Waals surface area contributed by atoms with Gasteiger partial charge in [0.25, 0.3) is 11.8 Å². The lowest BCUT2D eigenvalue weighted by Crippen LogP contribution is -2.41. The van der Waals surface area contributed by atoms with Crippen molar-refractivity contribution in [3.8, 4) is 5.75 Å². The monoisotopic (exact) mass is 599 g/mol. The number of thioether (sulfide) groups is 1. The van der Waals surface area contributed by atoms with E-state index in [-0.39, 0.29) is 20.7 Å². The van der Waals surface area contributed by atoms with Crippen molar-refractivity contribution in [2.45, 2.75) is 17.9 Å². The third-order valence-electron chi connectivity index (χ3n) is 4.65. The molecule has 0 bridgehead atoms. The summed E-state index contributed by atoms with van der Waals surface area (Å²) in [4.78, 5) is 37.5. The zero-order valence-electron chi connectivity index (χ0n) is 17.9. The number of nitrogens with two attached hydrogens (primary N) is 1. The van der Waals surface area contributed by atoms with Crippen LogP contribution < -0.4 is 15.2 Å². The first kappa shape index (κ1) is 26.8. The van der Waals surface area contributed by atoms with Crippen LogP contribution in [0.4, 0.5) is 5.69 Å². The number of nitrogens with zero attached hydrogens (tertiary/aromatic N) is 1. The van der Waals surface area contributed by atoms with Gasteiger partial charge in [-0.05, 0) is 55.5 Å². The summed E-state index contributed by atoms with van der Waals surface area (Å²) in [5, 5.41) is 16.9. The number of halogens is 1. The highest BCUT2D eigenvalue weighted by atomic mass is 79.9. The van der Waals surface area contributed by atoms with E-state index in [1.165, 1.54) is 37.3 Å². The number of thiocarbonyl (C=S) groups is 1. The molecule has 1 aliphatic rings. The lowest BCUT2D eigenvalue weighted by molar-refractivity contribution is -0.144. The third-order valence-corrected chi connectivity index (χ3v) is 7.40. The Labute approximate surface area is 218 Å². The highest BCUT2D eigenvalue weighted by Gasteiger charge is 2.38. The van der Waals surface area contributed by atoms with E-state index >= 15 is 0 Å². The van der Waals surface area contributed by atoms with Crippen molar-refractivity contribution in [3.05, 3.63) is 57.4 Å². The summed E-state index contributed by atoms with van der Waals surface area (Å²) >= 11 is 9.49. The average Bonchev–Trinajstić information content (AvgIpc) is 3.05. The number of carbonyl (C=O) groups excluding carboxylic acids is 2. The van der Waals surface area contributed by atoms with E-state index in [4.69, 9.17) is 22.1 Å². The molecule has 35 heavy (non-hydrogen) atoms. The van der Waals surface area contributed by atoms with E-state index in [1.807, 2.05) is 0 Å². The quantitative estimate of drug-likeness (QED) is 0.306. The minimum Gasteiger partial charge on any atom is -0.483 e. The topological polar surface area (TPSA) is 156 Å². The molecule has 184 valence electrons. The molecule has 2 aromatic carbocycles. The minimum absolute atomic E-state index is 0.0885. The number of anilines is 1. The van der Waals surface area contributed by atoms with Crippen molar-refractivity contribution < 1.29 is 32.6 Å². The number of benzene rings is 2. The van der Waals surface area contributed by atoms with Crippen molar-refractivity contribution in [1.82, 2.24) is 4.90 Å². The molecule has 1 heterocycles. The predicted molar refractivity (Wildman–Crippen MR) is 138 cm³/mol. The van der Waals surface area contributed by atoms with Crippen molar-refractivity contribution in [2.24, 2.45) is 5.14 Å². The summed E-state index contributed by atoms with van der Waals surface area (Å²) in [5.74, 6) is -1.94. The van der Waals surface area contributed by atoms with Crippen molar-refractivity contribution in [3.63, 3.8) is 0 Å². The van der Waals surface area contributed by atoms with E-state index in [9.17, 15) is 27.9 Å². The zero-order chi connectivity index (χ0) is 25.9. The van der Waals surface area contributed by atoms with Gasteiger partial charge in [-0.15, -0.1) is 0 Å². The summed E-state index contributed by atoms with van der Waals surface area (Å²) < 4.78 is 29.1. The number of rotatable bonds is 8. The van der Waals surface area contributed by atoms with E-state index in [0.717, 1.165) is 16.7 Å². The highest BCUT2D eigenvalue weighted by Crippen LogP contribution is 2.36. The van der Waals surface area contributed by atoms with Gasteiger partial charge in [0.15, 0.2) is 6.61 Å². The average molecular weight is 600 g/mol. The summed E-state index contributed by atoms with van der Waals surface area (Å²) in [6.07, 6.45) is 1.51. The fourth-order valence-corrected chi connectivity index (χ4v) is 5.20. The number of ether oxygens (including phenoxy) is 1. The van der Waals surface area contributed by atoms with Gasteiger partial charge in [0, 0.05) is 15.7 Å². The van der Waals surface area contributed by atoms with Crippen LogP contribution >= 0.6 is 39.9 Å². The Morgan fingerprint density at radius 1 is 1.29 bits per heavy atom. The largest absolute Gasteiger partial charge is 0.483 e. The molecule has 0 spiro atoms. The number of hydrogen-bond acceptors (Lipinski definition) is 8. The van der Waals surface area contributed by atoms with Crippen LogP contribution in [0.1, 0.15) is 12.5 Å². The lowest BCUT2D eigenvalue weighted by atomic mass is 10.1. The van der Waals surface area contributed by atoms with Gasteiger partial charge in [-0.2, -0.15) is 0 Å². The van der Waals surface area contributed by atoms with Crippen molar-refractivity contribution in [1.29, 1.82) is 0 Å². The zero-order valence-corrected chi connectivity index (χ0v) is 22.0. The Hall–Kier alpha value is -2.78. The smallest absolute Gasteiger partial charge is 0.326 e. The lowest BCUT2D eigenvalue weighted by Gasteiger charge is -2.18. The maximum absolute atomic E-state index is 12.7. The second-order valence-corrected chi connectivity index (χ2v) is 11.3. The normalized spacial score (nSPS) is 15.9. The van der Waals surface area contributed by atoms with Gasteiger partial charge in [-0.3, -0.25) is 14.5 Å². The Balaban J connectivity index is 1.73. The van der Waals surface area contributed by atoms with Crippen LogP contribution in [0.3, 0.4) is 0 Å². The fourth-order valence-electron chi connectivity index (χ4n) is 2.90. The molecule has 2 amide bonds. The maximum atomic E-state index is 12.7. The molecule has 0 aliphatic carbocycles. The molecular weight excluding hydrogens is 582 g/mol. The van der Waals surface area contributed by atoms with Gasteiger partial charge in [0.2, 0.25) is 10.0 Å². The first-order chi connectivity index (χ1) is 16.4. The van der Waals surface area contributed by atoms with Crippen LogP contribution in [0.2, 0.25) is 0 Å². The summed E-state index contributed by atoms with van der Waals surface area (Å²) in [6, 6.07) is 9.16. The molecule has 4 N–H and O–H groups in total. The van der Waals surface area contributed by atoms with Gasteiger partial charge in [0.05, 0.1) is 9.80 Å². The number of amides is 2.